The number of carboxylic acid groups (broad SMARTS) is 1. The van der Waals surface area contributed by atoms with Crippen LogP contribution in [-0.2, 0) is 14.3 Å². The number of aliphatic carboxylic acids is 1. The van der Waals surface area contributed by atoms with E-state index in [-0.39, 0.29) is 6.42 Å². The van der Waals surface area contributed by atoms with E-state index in [0.717, 1.165) is 13.0 Å². The van der Waals surface area contributed by atoms with E-state index in [2.05, 4.69) is 13.8 Å². The summed E-state index contributed by atoms with van der Waals surface area (Å²) in [4.78, 5) is 10.2. The van der Waals surface area contributed by atoms with Gasteiger partial charge in [-0.15, -0.1) is 0 Å². The van der Waals surface area contributed by atoms with Gasteiger partial charge >= 0.3 is 5.97 Å². The Kier molecular flexibility index (Phi) is 9.52. The van der Waals surface area contributed by atoms with Gasteiger partial charge in [-0.1, -0.05) is 13.8 Å². The zero-order valence-electron chi connectivity index (χ0n) is 9.70. The molecule has 0 heterocycles. The Morgan fingerprint density at radius 1 is 1.13 bits per heavy atom. The SMILES string of the molecule is CC(C)CCOCCOCCCC(=O)O. The van der Waals surface area contributed by atoms with E-state index in [1.165, 1.54) is 0 Å². The molecule has 0 fully saturated rings. The summed E-state index contributed by atoms with van der Waals surface area (Å²) in [6.45, 7) is 6.74. The van der Waals surface area contributed by atoms with Gasteiger partial charge in [-0.2, -0.15) is 0 Å². The zero-order valence-corrected chi connectivity index (χ0v) is 9.70. The molecule has 4 heteroatoms. The van der Waals surface area contributed by atoms with Crippen molar-refractivity contribution in [2.24, 2.45) is 5.92 Å². The van der Waals surface area contributed by atoms with Crippen LogP contribution in [0.3, 0.4) is 0 Å². The van der Waals surface area contributed by atoms with Crippen LogP contribution >= 0.6 is 0 Å². The van der Waals surface area contributed by atoms with E-state index in [4.69, 9.17) is 14.6 Å². The second kappa shape index (κ2) is 9.93. The molecule has 0 aliphatic carbocycles. The van der Waals surface area contributed by atoms with E-state index >= 15 is 0 Å². The highest BCUT2D eigenvalue weighted by Crippen LogP contribution is 1.98. The Balaban J connectivity index is 2.96. The molecule has 0 aromatic heterocycles. The smallest absolute Gasteiger partial charge is 0.303 e. The van der Waals surface area contributed by atoms with Crippen LogP contribution in [0.15, 0.2) is 0 Å². The van der Waals surface area contributed by atoms with E-state index in [9.17, 15) is 4.79 Å². The van der Waals surface area contributed by atoms with Crippen molar-refractivity contribution in [2.45, 2.75) is 33.1 Å². The van der Waals surface area contributed by atoms with Gasteiger partial charge in [0.05, 0.1) is 13.2 Å². The maximum absolute atomic E-state index is 10.2. The maximum atomic E-state index is 10.2. The number of hydrogen-bond acceptors (Lipinski definition) is 3. The fourth-order valence-corrected chi connectivity index (χ4v) is 0.966. The quantitative estimate of drug-likeness (QED) is 0.569. The summed E-state index contributed by atoms with van der Waals surface area (Å²) in [5.74, 6) is -0.103. The molecule has 0 atom stereocenters. The number of rotatable bonds is 10. The minimum Gasteiger partial charge on any atom is -0.481 e. The Hall–Kier alpha value is -0.610. The molecule has 0 rings (SSSR count). The first-order valence-corrected chi connectivity index (χ1v) is 5.50. The highest BCUT2D eigenvalue weighted by molar-refractivity contribution is 5.66. The third-order valence-corrected chi connectivity index (χ3v) is 1.89. The van der Waals surface area contributed by atoms with Crippen molar-refractivity contribution in [2.75, 3.05) is 26.4 Å². The topological polar surface area (TPSA) is 55.8 Å². The second-order valence-electron chi connectivity index (χ2n) is 3.90. The highest BCUT2D eigenvalue weighted by Gasteiger charge is 1.97. The normalized spacial score (nSPS) is 10.9. The summed E-state index contributed by atoms with van der Waals surface area (Å²) in [5.41, 5.74) is 0. The Morgan fingerprint density at radius 3 is 2.27 bits per heavy atom. The monoisotopic (exact) mass is 218 g/mol. The third kappa shape index (κ3) is 13.4. The third-order valence-electron chi connectivity index (χ3n) is 1.89. The van der Waals surface area contributed by atoms with Gasteiger partial charge in [0.15, 0.2) is 0 Å². The summed E-state index contributed by atoms with van der Waals surface area (Å²) in [6.07, 6.45) is 1.81. The van der Waals surface area contributed by atoms with E-state index in [0.29, 0.717) is 32.2 Å². The van der Waals surface area contributed by atoms with Crippen LogP contribution in [0.5, 0.6) is 0 Å². The number of carbonyl (C=O) groups is 1. The molecule has 15 heavy (non-hydrogen) atoms. The van der Waals surface area contributed by atoms with Crippen LogP contribution in [0.1, 0.15) is 33.1 Å². The Bertz CT molecular complexity index is 157. The first-order chi connectivity index (χ1) is 7.13. The summed E-state index contributed by atoms with van der Waals surface area (Å²) in [5, 5.41) is 8.36. The summed E-state index contributed by atoms with van der Waals surface area (Å²) < 4.78 is 10.5. The number of hydrogen-bond donors (Lipinski definition) is 1. The molecule has 0 saturated heterocycles. The van der Waals surface area contributed by atoms with Gasteiger partial charge < -0.3 is 14.6 Å². The van der Waals surface area contributed by atoms with Crippen LogP contribution < -0.4 is 0 Å². The van der Waals surface area contributed by atoms with E-state index < -0.39 is 5.97 Å². The van der Waals surface area contributed by atoms with Crippen LogP contribution in [0.25, 0.3) is 0 Å². The minimum absolute atomic E-state index is 0.175. The summed E-state index contributed by atoms with van der Waals surface area (Å²) >= 11 is 0. The largest absolute Gasteiger partial charge is 0.481 e. The number of carboxylic acids is 1. The lowest BCUT2D eigenvalue weighted by Gasteiger charge is -2.06. The molecule has 0 amide bonds. The van der Waals surface area contributed by atoms with Gasteiger partial charge in [0, 0.05) is 19.6 Å². The molecule has 0 saturated carbocycles. The van der Waals surface area contributed by atoms with Crippen molar-refractivity contribution >= 4 is 5.97 Å². The molecular weight excluding hydrogens is 196 g/mol. The molecule has 0 aliphatic rings. The first kappa shape index (κ1) is 14.4. The van der Waals surface area contributed by atoms with Gasteiger partial charge in [0.1, 0.15) is 0 Å². The molecule has 0 aromatic carbocycles. The average molecular weight is 218 g/mol. The molecule has 0 aromatic rings. The lowest BCUT2D eigenvalue weighted by molar-refractivity contribution is -0.137. The molecule has 1 N–H and O–H groups in total. The van der Waals surface area contributed by atoms with Crippen molar-refractivity contribution in [1.82, 2.24) is 0 Å². The van der Waals surface area contributed by atoms with Gasteiger partial charge in [0.2, 0.25) is 0 Å². The van der Waals surface area contributed by atoms with Gasteiger partial charge in [0.25, 0.3) is 0 Å². The molecule has 4 nitrogen and oxygen atoms in total. The van der Waals surface area contributed by atoms with Gasteiger partial charge in [-0.05, 0) is 18.8 Å². The molecule has 0 spiro atoms. The molecule has 0 bridgehead atoms. The van der Waals surface area contributed by atoms with Crippen molar-refractivity contribution in [3.63, 3.8) is 0 Å². The Morgan fingerprint density at radius 2 is 1.73 bits per heavy atom. The average Bonchev–Trinajstić information content (AvgIpc) is 2.14. The van der Waals surface area contributed by atoms with E-state index in [1.807, 2.05) is 0 Å². The molecule has 0 aliphatic heterocycles. The van der Waals surface area contributed by atoms with Crippen LogP contribution in [-0.4, -0.2) is 37.5 Å². The molecule has 0 radical (unpaired) electrons. The maximum Gasteiger partial charge on any atom is 0.303 e. The minimum atomic E-state index is -0.771. The molecule has 0 unspecified atom stereocenters. The van der Waals surface area contributed by atoms with Crippen molar-refractivity contribution < 1.29 is 19.4 Å². The van der Waals surface area contributed by atoms with Crippen LogP contribution in [0.4, 0.5) is 0 Å². The van der Waals surface area contributed by atoms with Crippen LogP contribution in [0, 0.1) is 5.92 Å². The fraction of sp³-hybridized carbons (Fsp3) is 0.909. The van der Waals surface area contributed by atoms with Gasteiger partial charge in [-0.25, -0.2) is 0 Å². The lowest BCUT2D eigenvalue weighted by Crippen LogP contribution is -2.08. The van der Waals surface area contributed by atoms with Crippen molar-refractivity contribution in [1.29, 1.82) is 0 Å². The second-order valence-corrected chi connectivity index (χ2v) is 3.90. The van der Waals surface area contributed by atoms with Crippen molar-refractivity contribution in [3.05, 3.63) is 0 Å². The lowest BCUT2D eigenvalue weighted by atomic mass is 10.1. The summed E-state index contributed by atoms with van der Waals surface area (Å²) in [7, 11) is 0. The first-order valence-electron chi connectivity index (χ1n) is 5.50. The van der Waals surface area contributed by atoms with Crippen LogP contribution in [0.2, 0.25) is 0 Å². The van der Waals surface area contributed by atoms with E-state index in [1.54, 1.807) is 0 Å². The fourth-order valence-electron chi connectivity index (χ4n) is 0.966. The highest BCUT2D eigenvalue weighted by atomic mass is 16.5. The molecule has 90 valence electrons. The van der Waals surface area contributed by atoms with Crippen molar-refractivity contribution in [3.8, 4) is 0 Å². The predicted octanol–water partition coefficient (Wildman–Crippen LogP) is 1.93. The Labute approximate surface area is 91.6 Å². The standard InChI is InChI=1S/C11H22O4/c1-10(2)5-7-15-9-8-14-6-3-4-11(12)13/h10H,3-9H2,1-2H3,(H,12,13). The predicted molar refractivity (Wildman–Crippen MR) is 58.0 cm³/mol. The van der Waals surface area contributed by atoms with Gasteiger partial charge in [-0.3, -0.25) is 4.79 Å². The summed E-state index contributed by atoms with van der Waals surface area (Å²) in [6, 6.07) is 0. The zero-order chi connectivity index (χ0) is 11.5. The number of ether oxygens (including phenoxy) is 2. The molecular formula is C11H22O4.